The number of benzene rings is 1. The lowest BCUT2D eigenvalue weighted by atomic mass is 9.91. The number of nitrogens with zero attached hydrogens (tertiary/aromatic N) is 1. The average Bonchev–Trinajstić information content (AvgIpc) is 2.67. The van der Waals surface area contributed by atoms with Crippen molar-refractivity contribution in [3.05, 3.63) is 35.9 Å². The van der Waals surface area contributed by atoms with E-state index >= 15 is 0 Å². The van der Waals surface area contributed by atoms with Gasteiger partial charge in [-0.25, -0.2) is 8.78 Å². The fourth-order valence-corrected chi connectivity index (χ4v) is 2.81. The van der Waals surface area contributed by atoms with Gasteiger partial charge in [0.25, 0.3) is 6.43 Å². The number of hydrogen-bond donors (Lipinski definition) is 1. The monoisotopic (exact) mass is 298 g/mol. The minimum Gasteiger partial charge on any atom is -0.374 e. The summed E-state index contributed by atoms with van der Waals surface area (Å²) < 4.78 is 29.1. The quantitative estimate of drug-likeness (QED) is 0.817. The Morgan fingerprint density at radius 3 is 2.81 bits per heavy atom. The second kappa shape index (κ2) is 7.82. The number of hydrogen-bond acceptors (Lipinski definition) is 3. The topological polar surface area (TPSA) is 24.5 Å². The Balaban J connectivity index is 1.92. The third-order valence-corrected chi connectivity index (χ3v) is 3.91. The SMILES string of the molecule is CC1(c2ccccc2)CN(CCOCC(F)F)CCCN1. The summed E-state index contributed by atoms with van der Waals surface area (Å²) in [6.45, 7) is 5.55. The van der Waals surface area contributed by atoms with Gasteiger partial charge in [-0.15, -0.1) is 0 Å². The predicted molar refractivity (Wildman–Crippen MR) is 79.7 cm³/mol. The van der Waals surface area contributed by atoms with Crippen LogP contribution in [0.1, 0.15) is 18.9 Å². The molecule has 1 saturated heterocycles. The number of nitrogens with one attached hydrogen (secondary N) is 1. The van der Waals surface area contributed by atoms with E-state index in [1.54, 1.807) is 0 Å². The molecule has 0 aromatic heterocycles. The highest BCUT2D eigenvalue weighted by atomic mass is 19.3. The van der Waals surface area contributed by atoms with Gasteiger partial charge in [0.2, 0.25) is 0 Å². The Morgan fingerprint density at radius 1 is 1.33 bits per heavy atom. The van der Waals surface area contributed by atoms with Gasteiger partial charge in [-0.05, 0) is 32.0 Å². The molecule has 1 aromatic carbocycles. The fraction of sp³-hybridized carbons (Fsp3) is 0.625. The van der Waals surface area contributed by atoms with Crippen molar-refractivity contribution < 1.29 is 13.5 Å². The normalized spacial score (nSPS) is 24.2. The maximum atomic E-state index is 12.1. The first-order valence-corrected chi connectivity index (χ1v) is 7.49. The molecule has 118 valence electrons. The first-order chi connectivity index (χ1) is 10.1. The van der Waals surface area contributed by atoms with E-state index in [2.05, 4.69) is 29.3 Å². The summed E-state index contributed by atoms with van der Waals surface area (Å²) in [5, 5.41) is 3.61. The number of alkyl halides is 2. The molecule has 0 radical (unpaired) electrons. The summed E-state index contributed by atoms with van der Waals surface area (Å²) >= 11 is 0. The van der Waals surface area contributed by atoms with Crippen molar-refractivity contribution >= 4 is 0 Å². The molecule has 0 aliphatic carbocycles. The van der Waals surface area contributed by atoms with Gasteiger partial charge >= 0.3 is 0 Å². The zero-order valence-electron chi connectivity index (χ0n) is 12.5. The minimum absolute atomic E-state index is 0.111. The molecule has 1 N–H and O–H groups in total. The molecule has 2 rings (SSSR count). The van der Waals surface area contributed by atoms with E-state index in [-0.39, 0.29) is 5.54 Å². The van der Waals surface area contributed by atoms with Crippen LogP contribution >= 0.6 is 0 Å². The van der Waals surface area contributed by atoms with E-state index < -0.39 is 13.0 Å². The van der Waals surface area contributed by atoms with Gasteiger partial charge in [0, 0.05) is 13.1 Å². The highest BCUT2D eigenvalue weighted by Crippen LogP contribution is 2.23. The van der Waals surface area contributed by atoms with Crippen molar-refractivity contribution in [1.29, 1.82) is 0 Å². The lowest BCUT2D eigenvalue weighted by Gasteiger charge is -2.34. The van der Waals surface area contributed by atoms with E-state index in [9.17, 15) is 8.78 Å². The third kappa shape index (κ3) is 5.02. The second-order valence-corrected chi connectivity index (χ2v) is 5.72. The summed E-state index contributed by atoms with van der Waals surface area (Å²) in [6.07, 6.45) is -1.33. The molecule has 1 aromatic rings. The van der Waals surface area contributed by atoms with Gasteiger partial charge in [0.15, 0.2) is 0 Å². The highest BCUT2D eigenvalue weighted by Gasteiger charge is 2.30. The van der Waals surface area contributed by atoms with Crippen molar-refractivity contribution in [2.75, 3.05) is 39.4 Å². The van der Waals surface area contributed by atoms with Crippen LogP contribution < -0.4 is 5.32 Å². The maximum absolute atomic E-state index is 12.1. The molecule has 1 aliphatic heterocycles. The van der Waals surface area contributed by atoms with E-state index in [4.69, 9.17) is 4.74 Å². The molecule has 1 fully saturated rings. The van der Waals surface area contributed by atoms with Crippen molar-refractivity contribution in [2.45, 2.75) is 25.3 Å². The molecule has 1 aliphatic rings. The van der Waals surface area contributed by atoms with Crippen LogP contribution in [0.15, 0.2) is 30.3 Å². The van der Waals surface area contributed by atoms with Crippen LogP contribution in [-0.4, -0.2) is 50.7 Å². The molecule has 0 spiro atoms. The Labute approximate surface area is 125 Å². The lowest BCUT2D eigenvalue weighted by molar-refractivity contribution is 0.00857. The molecule has 3 nitrogen and oxygen atoms in total. The van der Waals surface area contributed by atoms with Crippen LogP contribution in [-0.2, 0) is 10.3 Å². The highest BCUT2D eigenvalue weighted by molar-refractivity contribution is 5.24. The van der Waals surface area contributed by atoms with Crippen LogP contribution in [0.3, 0.4) is 0 Å². The standard InChI is InChI=1S/C16H24F2N2O/c1-16(14-6-3-2-4-7-14)13-20(9-5-8-19-16)10-11-21-12-15(17)18/h2-4,6-7,15,19H,5,8-13H2,1H3. The fourth-order valence-electron chi connectivity index (χ4n) is 2.81. The van der Waals surface area contributed by atoms with Gasteiger partial charge in [0.1, 0.15) is 6.61 Å². The van der Waals surface area contributed by atoms with Crippen LogP contribution in [0, 0.1) is 0 Å². The smallest absolute Gasteiger partial charge is 0.261 e. The molecule has 1 atom stereocenters. The van der Waals surface area contributed by atoms with Gasteiger partial charge in [0.05, 0.1) is 12.1 Å². The van der Waals surface area contributed by atoms with Crippen LogP contribution in [0.4, 0.5) is 8.78 Å². The molecule has 1 heterocycles. The van der Waals surface area contributed by atoms with Crippen LogP contribution in [0.5, 0.6) is 0 Å². The van der Waals surface area contributed by atoms with Gasteiger partial charge in [-0.2, -0.15) is 0 Å². The van der Waals surface area contributed by atoms with Crippen molar-refractivity contribution in [1.82, 2.24) is 10.2 Å². The molecular formula is C16H24F2N2O. The van der Waals surface area contributed by atoms with E-state index in [0.29, 0.717) is 13.2 Å². The van der Waals surface area contributed by atoms with Crippen molar-refractivity contribution in [3.8, 4) is 0 Å². The lowest BCUT2D eigenvalue weighted by Crippen LogP contribution is -2.47. The van der Waals surface area contributed by atoms with E-state index in [0.717, 1.165) is 26.1 Å². The van der Waals surface area contributed by atoms with Gasteiger partial charge < -0.3 is 10.1 Å². The Bertz CT molecular complexity index is 416. The van der Waals surface area contributed by atoms with Crippen molar-refractivity contribution in [2.24, 2.45) is 0 Å². The summed E-state index contributed by atoms with van der Waals surface area (Å²) in [5.41, 5.74) is 1.14. The Kier molecular flexibility index (Phi) is 6.08. The third-order valence-electron chi connectivity index (χ3n) is 3.91. The molecule has 5 heteroatoms. The summed E-state index contributed by atoms with van der Waals surface area (Å²) in [5.74, 6) is 0. The molecule has 0 saturated carbocycles. The average molecular weight is 298 g/mol. The largest absolute Gasteiger partial charge is 0.374 e. The maximum Gasteiger partial charge on any atom is 0.261 e. The Morgan fingerprint density at radius 2 is 2.10 bits per heavy atom. The van der Waals surface area contributed by atoms with E-state index in [1.165, 1.54) is 5.56 Å². The van der Waals surface area contributed by atoms with Gasteiger partial charge in [-0.3, -0.25) is 4.90 Å². The molecular weight excluding hydrogens is 274 g/mol. The summed E-state index contributed by atoms with van der Waals surface area (Å²) in [6, 6.07) is 10.4. The molecule has 21 heavy (non-hydrogen) atoms. The number of halogens is 2. The van der Waals surface area contributed by atoms with Gasteiger partial charge in [-0.1, -0.05) is 30.3 Å². The zero-order chi connectivity index (χ0) is 15.1. The second-order valence-electron chi connectivity index (χ2n) is 5.72. The van der Waals surface area contributed by atoms with Crippen LogP contribution in [0.2, 0.25) is 0 Å². The van der Waals surface area contributed by atoms with Crippen molar-refractivity contribution in [3.63, 3.8) is 0 Å². The predicted octanol–water partition coefficient (Wildman–Crippen LogP) is 2.48. The zero-order valence-corrected chi connectivity index (χ0v) is 12.5. The van der Waals surface area contributed by atoms with Crippen LogP contribution in [0.25, 0.3) is 0 Å². The molecule has 1 unspecified atom stereocenters. The first kappa shape index (κ1) is 16.3. The summed E-state index contributed by atoms with van der Waals surface area (Å²) in [7, 11) is 0. The first-order valence-electron chi connectivity index (χ1n) is 7.49. The number of ether oxygens (including phenoxy) is 1. The van der Waals surface area contributed by atoms with E-state index in [1.807, 2.05) is 18.2 Å². The minimum atomic E-state index is -2.38. The molecule has 0 amide bonds. The summed E-state index contributed by atoms with van der Waals surface area (Å²) in [4.78, 5) is 2.29. The Hall–Kier alpha value is -1.04. The number of rotatable bonds is 6. The molecule has 0 bridgehead atoms.